The zero-order valence-corrected chi connectivity index (χ0v) is 51.2. The number of rotatable bonds is 60. The molecule has 0 aromatic heterocycles. The lowest BCUT2D eigenvalue weighted by Gasteiger charge is -2.28. The number of ether oxygens (including phenoxy) is 2. The SMILES string of the molecule is CCCCCCC/C=C\C/C=C\C/C=C\CCCCCCCCC(=O)OC(COC(=O)CCCCCCCCCCCCCCCCCCCCCCCCCCCCCCCC)COP(=O)([O-])OCC[N+](C)(C)C. The normalized spacial score (nSPS) is 13.4. The van der Waals surface area contributed by atoms with E-state index in [-0.39, 0.29) is 32.0 Å². The molecule has 10 heteroatoms. The van der Waals surface area contributed by atoms with Crippen LogP contribution in [0.2, 0.25) is 0 Å². The Hall–Kier alpha value is -1.77. The summed E-state index contributed by atoms with van der Waals surface area (Å²) in [7, 11) is 1.17. The fourth-order valence-corrected chi connectivity index (χ4v) is 10.2. The fourth-order valence-electron chi connectivity index (χ4n) is 9.43. The molecule has 75 heavy (non-hydrogen) atoms. The molecule has 0 fully saturated rings. The first-order valence-electron chi connectivity index (χ1n) is 32.2. The highest BCUT2D eigenvalue weighted by atomic mass is 31.2. The first kappa shape index (κ1) is 73.2. The van der Waals surface area contributed by atoms with Gasteiger partial charge < -0.3 is 27.9 Å². The highest BCUT2D eigenvalue weighted by Crippen LogP contribution is 2.38. The summed E-state index contributed by atoms with van der Waals surface area (Å²) in [6.07, 6.45) is 70.7. The zero-order chi connectivity index (χ0) is 54.9. The van der Waals surface area contributed by atoms with E-state index in [2.05, 4.69) is 50.3 Å². The molecule has 0 heterocycles. The van der Waals surface area contributed by atoms with Gasteiger partial charge in [0.1, 0.15) is 19.8 Å². The van der Waals surface area contributed by atoms with Crippen molar-refractivity contribution in [1.82, 2.24) is 0 Å². The van der Waals surface area contributed by atoms with Gasteiger partial charge in [0.15, 0.2) is 6.10 Å². The van der Waals surface area contributed by atoms with Gasteiger partial charge in [0.2, 0.25) is 0 Å². The van der Waals surface area contributed by atoms with Crippen LogP contribution in [0.15, 0.2) is 36.5 Å². The minimum atomic E-state index is -4.64. The summed E-state index contributed by atoms with van der Waals surface area (Å²) in [6.45, 7) is 4.26. The molecule has 9 nitrogen and oxygen atoms in total. The van der Waals surface area contributed by atoms with E-state index in [9.17, 15) is 19.0 Å². The molecule has 0 saturated carbocycles. The number of likely N-dealkylation sites (N-methyl/N-ethyl adjacent to an activating group) is 1. The van der Waals surface area contributed by atoms with Gasteiger partial charge in [0, 0.05) is 12.8 Å². The summed E-state index contributed by atoms with van der Waals surface area (Å²) in [6, 6.07) is 0. The maximum absolute atomic E-state index is 12.8. The molecule has 2 atom stereocenters. The van der Waals surface area contributed by atoms with Crippen LogP contribution >= 0.6 is 7.82 Å². The smallest absolute Gasteiger partial charge is 0.306 e. The van der Waals surface area contributed by atoms with Crippen LogP contribution in [0, 0.1) is 0 Å². The van der Waals surface area contributed by atoms with Crippen LogP contribution < -0.4 is 4.89 Å². The van der Waals surface area contributed by atoms with Crippen LogP contribution in [-0.4, -0.2) is 70.0 Å². The van der Waals surface area contributed by atoms with Gasteiger partial charge >= 0.3 is 11.9 Å². The zero-order valence-electron chi connectivity index (χ0n) is 50.3. The number of nitrogens with zero attached hydrogens (tertiary/aromatic N) is 1. The monoisotopic (exact) mass is 1080 g/mol. The number of phosphoric ester groups is 1. The van der Waals surface area contributed by atoms with Gasteiger partial charge in [0.05, 0.1) is 27.7 Å². The molecular weight excluding hydrogens is 954 g/mol. The number of phosphoric acid groups is 1. The number of esters is 2. The molecule has 0 bridgehead atoms. The largest absolute Gasteiger partial charge is 0.756 e. The fraction of sp³-hybridized carbons (Fsp3) is 0.877. The lowest BCUT2D eigenvalue weighted by Crippen LogP contribution is -2.37. The number of quaternary nitrogens is 1. The Morgan fingerprint density at radius 2 is 0.720 bits per heavy atom. The van der Waals surface area contributed by atoms with Crippen molar-refractivity contribution in [2.24, 2.45) is 0 Å². The number of hydrogen-bond acceptors (Lipinski definition) is 8. The molecule has 0 N–H and O–H groups in total. The van der Waals surface area contributed by atoms with Crippen molar-refractivity contribution in [3.05, 3.63) is 36.5 Å². The van der Waals surface area contributed by atoms with Crippen molar-refractivity contribution >= 4 is 19.8 Å². The Morgan fingerprint density at radius 1 is 0.413 bits per heavy atom. The molecule has 0 aliphatic rings. The second-order valence-electron chi connectivity index (χ2n) is 23.1. The highest BCUT2D eigenvalue weighted by molar-refractivity contribution is 7.45. The predicted molar refractivity (Wildman–Crippen MR) is 319 cm³/mol. The summed E-state index contributed by atoms with van der Waals surface area (Å²) in [5.41, 5.74) is 0. The number of carbonyl (C=O) groups is 2. The van der Waals surface area contributed by atoms with Crippen molar-refractivity contribution in [3.8, 4) is 0 Å². The summed E-state index contributed by atoms with van der Waals surface area (Å²) in [5.74, 6) is -0.833. The van der Waals surface area contributed by atoms with Crippen molar-refractivity contribution in [2.75, 3.05) is 47.5 Å². The van der Waals surface area contributed by atoms with Gasteiger partial charge in [-0.05, 0) is 51.4 Å². The quantitative estimate of drug-likeness (QED) is 0.0195. The Bertz CT molecular complexity index is 1360. The molecule has 0 amide bonds. The summed E-state index contributed by atoms with van der Waals surface area (Å²) in [4.78, 5) is 37.9. The number of hydrogen-bond donors (Lipinski definition) is 0. The first-order chi connectivity index (χ1) is 36.5. The Morgan fingerprint density at radius 3 is 1.07 bits per heavy atom. The molecule has 0 aromatic rings. The average Bonchev–Trinajstić information content (AvgIpc) is 3.37. The Balaban J connectivity index is 4.05. The average molecular weight is 1080 g/mol. The van der Waals surface area contributed by atoms with Crippen LogP contribution in [0.5, 0.6) is 0 Å². The van der Waals surface area contributed by atoms with E-state index >= 15 is 0 Å². The maximum Gasteiger partial charge on any atom is 0.306 e. The van der Waals surface area contributed by atoms with Crippen molar-refractivity contribution in [2.45, 2.75) is 322 Å². The van der Waals surface area contributed by atoms with Crippen molar-refractivity contribution < 1.29 is 42.1 Å². The van der Waals surface area contributed by atoms with Gasteiger partial charge in [-0.2, -0.15) is 0 Å². The van der Waals surface area contributed by atoms with Gasteiger partial charge in [-0.15, -0.1) is 0 Å². The van der Waals surface area contributed by atoms with E-state index in [4.69, 9.17) is 18.5 Å². The number of carbonyl (C=O) groups excluding carboxylic acids is 2. The third-order valence-electron chi connectivity index (χ3n) is 14.4. The third kappa shape index (κ3) is 61.3. The Labute approximate surface area is 465 Å². The van der Waals surface area contributed by atoms with Crippen molar-refractivity contribution in [3.63, 3.8) is 0 Å². The molecular formula is C65H124NO8P. The number of allylic oxidation sites excluding steroid dienone is 6. The lowest BCUT2D eigenvalue weighted by atomic mass is 10.0. The van der Waals surface area contributed by atoms with E-state index in [1.807, 2.05) is 21.1 Å². The van der Waals surface area contributed by atoms with Crippen LogP contribution in [0.1, 0.15) is 316 Å². The van der Waals surface area contributed by atoms with Gasteiger partial charge in [0.25, 0.3) is 7.82 Å². The Kier molecular flexibility index (Phi) is 55.6. The van der Waals surface area contributed by atoms with Crippen LogP contribution in [0.4, 0.5) is 0 Å². The molecule has 442 valence electrons. The van der Waals surface area contributed by atoms with Crippen LogP contribution in [0.3, 0.4) is 0 Å². The summed E-state index contributed by atoms with van der Waals surface area (Å²) >= 11 is 0. The molecule has 0 rings (SSSR count). The molecule has 0 radical (unpaired) electrons. The van der Waals surface area contributed by atoms with Crippen LogP contribution in [-0.2, 0) is 32.7 Å². The van der Waals surface area contributed by atoms with Gasteiger partial charge in [-0.25, -0.2) is 0 Å². The highest BCUT2D eigenvalue weighted by Gasteiger charge is 2.22. The molecule has 0 aromatic carbocycles. The predicted octanol–water partition coefficient (Wildman–Crippen LogP) is 19.7. The minimum absolute atomic E-state index is 0.0324. The molecule has 0 aliphatic carbocycles. The second kappa shape index (κ2) is 56.9. The van der Waals surface area contributed by atoms with Crippen LogP contribution in [0.25, 0.3) is 0 Å². The first-order valence-corrected chi connectivity index (χ1v) is 33.7. The summed E-state index contributed by atoms with van der Waals surface area (Å²) < 4.78 is 34.2. The third-order valence-corrected chi connectivity index (χ3v) is 15.4. The van der Waals surface area contributed by atoms with E-state index in [1.165, 1.54) is 212 Å². The molecule has 0 aliphatic heterocycles. The van der Waals surface area contributed by atoms with Gasteiger partial charge in [-0.3, -0.25) is 14.2 Å². The van der Waals surface area contributed by atoms with E-state index in [1.54, 1.807) is 0 Å². The van der Waals surface area contributed by atoms with E-state index in [0.717, 1.165) is 70.6 Å². The molecule has 0 spiro atoms. The van der Waals surface area contributed by atoms with E-state index < -0.39 is 26.5 Å². The van der Waals surface area contributed by atoms with Crippen molar-refractivity contribution in [1.29, 1.82) is 0 Å². The summed E-state index contributed by atoms with van der Waals surface area (Å²) in [5, 5.41) is 0. The molecule has 2 unspecified atom stereocenters. The van der Waals surface area contributed by atoms with Gasteiger partial charge in [-0.1, -0.05) is 288 Å². The lowest BCUT2D eigenvalue weighted by molar-refractivity contribution is -0.870. The molecule has 0 saturated heterocycles. The maximum atomic E-state index is 12.8. The standard InChI is InChI=1S/C65H124NO8P/c1-6-8-10-12-14-16-18-20-22-24-26-28-29-30-31-32-33-34-35-36-38-39-41-43-45-47-49-51-53-55-57-64(67)71-61-63(62-73-75(69,70)72-60-59-66(3,4)5)74-65(68)58-56-54-52-50-48-46-44-42-40-37-27-25-23-21-19-17-15-13-11-9-7-2/h19,21,25,27,40,42,63H,6-18,20,22-24,26,28-39,41,43-62H2,1-5H3/b21-19-,27-25-,42-40-. The minimum Gasteiger partial charge on any atom is -0.756 e. The number of unbranched alkanes of at least 4 members (excludes halogenated alkanes) is 40. The topological polar surface area (TPSA) is 111 Å². The second-order valence-corrected chi connectivity index (χ2v) is 24.5. The van der Waals surface area contributed by atoms with E-state index in [0.29, 0.717) is 17.4 Å².